The van der Waals surface area contributed by atoms with Gasteiger partial charge in [-0.05, 0) is 19.1 Å². The zero-order valence-corrected chi connectivity index (χ0v) is 13.6. The van der Waals surface area contributed by atoms with E-state index in [0.29, 0.717) is 10.8 Å². The minimum Gasteiger partial charge on any atom is -0.478 e. The number of carboxylic acid groups (broad SMARTS) is 1. The van der Waals surface area contributed by atoms with Crippen LogP contribution in [0.1, 0.15) is 43.6 Å². The van der Waals surface area contributed by atoms with Gasteiger partial charge >= 0.3 is 5.97 Å². The molecule has 0 aliphatic rings. The van der Waals surface area contributed by atoms with E-state index in [4.69, 9.17) is 14.7 Å². The lowest BCUT2D eigenvalue weighted by Gasteiger charge is -2.08. The van der Waals surface area contributed by atoms with Crippen molar-refractivity contribution < 1.29 is 19.5 Å². The highest BCUT2D eigenvalue weighted by Gasteiger charge is 2.11. The van der Waals surface area contributed by atoms with Gasteiger partial charge < -0.3 is 14.7 Å². The smallest absolute Gasteiger partial charge is 0.336 e. The van der Waals surface area contributed by atoms with Crippen LogP contribution >= 0.6 is 11.8 Å². The molecule has 0 aliphatic heterocycles. The maximum absolute atomic E-state index is 10.9. The molecule has 4 nitrogen and oxygen atoms in total. The van der Waals surface area contributed by atoms with Gasteiger partial charge in [-0.3, -0.25) is 0 Å². The first-order chi connectivity index (χ1) is 9.50. The van der Waals surface area contributed by atoms with Crippen LogP contribution in [0, 0.1) is 6.92 Å². The second-order valence-electron chi connectivity index (χ2n) is 3.47. The zero-order valence-electron chi connectivity index (χ0n) is 12.8. The van der Waals surface area contributed by atoms with Crippen molar-refractivity contribution in [1.29, 1.82) is 0 Å². The fourth-order valence-corrected chi connectivity index (χ4v) is 2.10. The van der Waals surface area contributed by atoms with E-state index in [0.717, 1.165) is 10.5 Å². The largest absolute Gasteiger partial charge is 0.478 e. The van der Waals surface area contributed by atoms with Crippen molar-refractivity contribution in [2.75, 3.05) is 0 Å². The lowest BCUT2D eigenvalue weighted by atomic mass is 10.1. The number of carboxylic acids is 1. The van der Waals surface area contributed by atoms with Crippen molar-refractivity contribution in [1.82, 2.24) is 0 Å². The van der Waals surface area contributed by atoms with Crippen LogP contribution in [-0.2, 0) is 9.59 Å². The summed E-state index contributed by atoms with van der Waals surface area (Å²) in [6.45, 7) is 14.0. The predicted molar refractivity (Wildman–Crippen MR) is 84.7 cm³/mol. The quantitative estimate of drug-likeness (QED) is 0.858. The Hall–Kier alpha value is -1.62. The van der Waals surface area contributed by atoms with E-state index in [2.05, 4.69) is 13.8 Å². The minimum absolute atomic E-state index is 0.399. The fraction of sp³-hybridized carbons (Fsp3) is 0.400. The summed E-state index contributed by atoms with van der Waals surface area (Å²) in [7, 11) is 0. The topological polar surface area (TPSA) is 71.4 Å². The molecule has 0 unspecified atom stereocenters. The van der Waals surface area contributed by atoms with Gasteiger partial charge in [0, 0.05) is 10.1 Å². The van der Waals surface area contributed by atoms with Crippen LogP contribution in [0.15, 0.2) is 23.1 Å². The Morgan fingerprint density at radius 3 is 1.95 bits per heavy atom. The monoisotopic (exact) mass is 300 g/mol. The summed E-state index contributed by atoms with van der Waals surface area (Å²) in [6.07, 6.45) is 0. The van der Waals surface area contributed by atoms with Gasteiger partial charge in [-0.15, -0.1) is 11.8 Å². The fourth-order valence-electron chi connectivity index (χ4n) is 1.17. The lowest BCUT2D eigenvalue weighted by Crippen LogP contribution is -2.00. The molecule has 0 amide bonds. The van der Waals surface area contributed by atoms with Crippen LogP contribution in [0.5, 0.6) is 0 Å². The molecule has 0 aliphatic carbocycles. The summed E-state index contributed by atoms with van der Waals surface area (Å²) in [5, 5.41) is 9.39. The van der Waals surface area contributed by atoms with Gasteiger partial charge in [-0.2, -0.15) is 0 Å². The van der Waals surface area contributed by atoms with E-state index in [9.17, 15) is 4.79 Å². The lowest BCUT2D eigenvalue weighted by molar-refractivity contribution is -0.0987. The standard InChI is InChI=1S/C11H14O2S.C2H6.2CH2O/c1-7(2)14-10-5-4-8(3)6-9(10)11(12)13;3*1-2/h4-7H,1-3H3,(H,12,13);1-2H3;2*1H2. The molecule has 0 bridgehead atoms. The molecule has 0 heterocycles. The molecule has 0 aromatic heterocycles. The highest BCUT2D eigenvalue weighted by molar-refractivity contribution is 8.00. The van der Waals surface area contributed by atoms with Crippen molar-refractivity contribution >= 4 is 31.3 Å². The summed E-state index contributed by atoms with van der Waals surface area (Å²) in [6, 6.07) is 5.54. The van der Waals surface area contributed by atoms with Crippen molar-refractivity contribution in [3.63, 3.8) is 0 Å². The van der Waals surface area contributed by atoms with Gasteiger partial charge in [0.15, 0.2) is 0 Å². The van der Waals surface area contributed by atoms with Crippen molar-refractivity contribution in [2.45, 2.75) is 44.8 Å². The van der Waals surface area contributed by atoms with Crippen LogP contribution in [0.25, 0.3) is 0 Å². The third kappa shape index (κ3) is 10.3. The Morgan fingerprint density at radius 1 is 1.15 bits per heavy atom. The molecule has 1 rings (SSSR count). The number of thioether (sulfide) groups is 1. The third-order valence-electron chi connectivity index (χ3n) is 1.73. The van der Waals surface area contributed by atoms with Crippen LogP contribution in [-0.4, -0.2) is 29.9 Å². The molecule has 5 heteroatoms. The predicted octanol–water partition coefficient (Wildman–Crippen LogP) is 3.85. The average Bonchev–Trinajstić information content (AvgIpc) is 2.46. The van der Waals surface area contributed by atoms with E-state index in [1.54, 1.807) is 17.8 Å². The molecule has 114 valence electrons. The van der Waals surface area contributed by atoms with Gasteiger partial charge in [0.2, 0.25) is 0 Å². The number of benzene rings is 1. The molecule has 0 saturated heterocycles. The SMILES string of the molecule is C=O.C=O.CC.Cc1ccc(SC(C)C)c(C(=O)O)c1. The molecule has 0 fully saturated rings. The number of carbonyl (C=O) groups excluding carboxylic acids is 2. The molecule has 1 aromatic rings. The molecule has 0 radical (unpaired) electrons. The van der Waals surface area contributed by atoms with Crippen molar-refractivity contribution in [3.05, 3.63) is 29.3 Å². The van der Waals surface area contributed by atoms with E-state index in [1.807, 2.05) is 46.5 Å². The highest BCUT2D eigenvalue weighted by Crippen LogP contribution is 2.27. The number of hydrogen-bond acceptors (Lipinski definition) is 4. The first kappa shape index (κ1) is 23.5. The molecule has 20 heavy (non-hydrogen) atoms. The highest BCUT2D eigenvalue weighted by atomic mass is 32.2. The Kier molecular flexibility index (Phi) is 18.1. The van der Waals surface area contributed by atoms with Gasteiger partial charge in [0.05, 0.1) is 5.56 Å². The summed E-state index contributed by atoms with van der Waals surface area (Å²) >= 11 is 1.58. The van der Waals surface area contributed by atoms with E-state index in [1.165, 1.54) is 0 Å². The molecule has 1 N–H and O–H groups in total. The number of hydrogen-bond donors (Lipinski definition) is 1. The van der Waals surface area contributed by atoms with Crippen molar-refractivity contribution in [2.24, 2.45) is 0 Å². The van der Waals surface area contributed by atoms with E-state index < -0.39 is 5.97 Å². The Bertz CT molecular complexity index is 376. The minimum atomic E-state index is -0.850. The average molecular weight is 300 g/mol. The molecular weight excluding hydrogens is 276 g/mol. The normalized spacial score (nSPS) is 8.10. The molecule has 0 atom stereocenters. The summed E-state index contributed by atoms with van der Waals surface area (Å²) in [5.41, 5.74) is 1.39. The second-order valence-corrected chi connectivity index (χ2v) is 5.09. The Morgan fingerprint density at radius 2 is 1.60 bits per heavy atom. The molecule has 0 saturated carbocycles. The van der Waals surface area contributed by atoms with Gasteiger partial charge in [-0.25, -0.2) is 4.79 Å². The van der Waals surface area contributed by atoms with Crippen LogP contribution in [0.3, 0.4) is 0 Å². The van der Waals surface area contributed by atoms with Crippen LogP contribution in [0.4, 0.5) is 0 Å². The Balaban J connectivity index is -0.000000425. The second kappa shape index (κ2) is 15.4. The maximum atomic E-state index is 10.9. The number of aromatic carboxylic acids is 1. The van der Waals surface area contributed by atoms with Gasteiger partial charge in [0.25, 0.3) is 0 Å². The third-order valence-corrected chi connectivity index (χ3v) is 2.81. The van der Waals surface area contributed by atoms with Crippen molar-refractivity contribution in [3.8, 4) is 0 Å². The molecular formula is C15H24O4S. The van der Waals surface area contributed by atoms with E-state index >= 15 is 0 Å². The zero-order chi connectivity index (χ0) is 16.7. The molecule has 1 aromatic carbocycles. The van der Waals surface area contributed by atoms with Gasteiger partial charge in [-0.1, -0.05) is 39.3 Å². The Labute approximate surface area is 125 Å². The number of aryl methyl sites for hydroxylation is 1. The summed E-state index contributed by atoms with van der Waals surface area (Å²) < 4.78 is 0. The van der Waals surface area contributed by atoms with Crippen LogP contribution in [0.2, 0.25) is 0 Å². The first-order valence-electron chi connectivity index (χ1n) is 6.09. The number of rotatable bonds is 3. The maximum Gasteiger partial charge on any atom is 0.336 e. The first-order valence-corrected chi connectivity index (χ1v) is 6.97. The van der Waals surface area contributed by atoms with Crippen LogP contribution < -0.4 is 0 Å². The van der Waals surface area contributed by atoms with E-state index in [-0.39, 0.29) is 0 Å². The number of carbonyl (C=O) groups is 3. The molecule has 0 spiro atoms. The summed E-state index contributed by atoms with van der Waals surface area (Å²) in [4.78, 5) is 27.8. The summed E-state index contributed by atoms with van der Waals surface area (Å²) in [5.74, 6) is -0.850. The van der Waals surface area contributed by atoms with Gasteiger partial charge in [0.1, 0.15) is 13.6 Å².